The average Bonchev–Trinajstić information content (AvgIpc) is 2.09. The van der Waals surface area contributed by atoms with Gasteiger partial charge in [-0.05, 0) is 34.1 Å². The van der Waals surface area contributed by atoms with Crippen molar-refractivity contribution in [3.63, 3.8) is 0 Å². The summed E-state index contributed by atoms with van der Waals surface area (Å²) in [5.41, 5.74) is 0. The molecule has 0 radical (unpaired) electrons. The molecule has 0 saturated heterocycles. The van der Waals surface area contributed by atoms with Gasteiger partial charge in [0.2, 0.25) is 0 Å². The number of hydrogen-bond donors (Lipinski definition) is 0. The Morgan fingerprint density at radius 2 is 2.13 bits per heavy atom. The highest BCUT2D eigenvalue weighted by molar-refractivity contribution is 9.10. The van der Waals surface area contributed by atoms with Gasteiger partial charge in [0.05, 0.1) is 10.2 Å². The number of ether oxygens (including phenoxy) is 1. The SMILES string of the molecule is CS(=O)(=O)CCOc1ccc(F)c(Br)c1. The summed E-state index contributed by atoms with van der Waals surface area (Å²) in [6.07, 6.45) is 1.14. The summed E-state index contributed by atoms with van der Waals surface area (Å²) < 4.78 is 39.8. The summed E-state index contributed by atoms with van der Waals surface area (Å²) in [4.78, 5) is 0. The highest BCUT2D eigenvalue weighted by Gasteiger charge is 2.04. The number of sulfone groups is 1. The molecule has 0 aliphatic carbocycles. The molecule has 1 rings (SSSR count). The van der Waals surface area contributed by atoms with Crippen LogP contribution in [-0.4, -0.2) is 27.0 Å². The minimum atomic E-state index is -3.02. The number of halogens is 2. The molecule has 84 valence electrons. The van der Waals surface area contributed by atoms with Gasteiger partial charge in [-0.1, -0.05) is 0 Å². The standard InChI is InChI=1S/C9H10BrFO3S/c1-15(12,13)5-4-14-7-2-3-9(11)8(10)6-7/h2-3,6H,4-5H2,1H3. The lowest BCUT2D eigenvalue weighted by atomic mass is 10.3. The van der Waals surface area contributed by atoms with E-state index in [9.17, 15) is 12.8 Å². The fourth-order valence-corrected chi connectivity index (χ4v) is 1.62. The molecule has 0 aromatic heterocycles. The summed E-state index contributed by atoms with van der Waals surface area (Å²) in [6.45, 7) is 0.0664. The summed E-state index contributed by atoms with van der Waals surface area (Å²) in [7, 11) is -3.02. The van der Waals surface area contributed by atoms with E-state index in [1.807, 2.05) is 0 Å². The van der Waals surface area contributed by atoms with Crippen LogP contribution in [0.25, 0.3) is 0 Å². The third kappa shape index (κ3) is 4.61. The molecular formula is C9H10BrFO3S. The van der Waals surface area contributed by atoms with Gasteiger partial charge >= 0.3 is 0 Å². The zero-order valence-electron chi connectivity index (χ0n) is 8.04. The van der Waals surface area contributed by atoms with Gasteiger partial charge < -0.3 is 4.74 Å². The van der Waals surface area contributed by atoms with E-state index < -0.39 is 9.84 Å². The van der Waals surface area contributed by atoms with Crippen LogP contribution in [-0.2, 0) is 9.84 Å². The minimum Gasteiger partial charge on any atom is -0.492 e. The van der Waals surface area contributed by atoms with Crippen LogP contribution >= 0.6 is 15.9 Å². The van der Waals surface area contributed by atoms with Crippen molar-refractivity contribution in [1.82, 2.24) is 0 Å². The number of rotatable bonds is 4. The van der Waals surface area contributed by atoms with Crippen molar-refractivity contribution in [2.75, 3.05) is 18.6 Å². The third-order valence-electron chi connectivity index (χ3n) is 1.61. The molecule has 0 heterocycles. The van der Waals surface area contributed by atoms with E-state index in [0.717, 1.165) is 6.26 Å². The van der Waals surface area contributed by atoms with Crippen molar-refractivity contribution in [3.8, 4) is 5.75 Å². The lowest BCUT2D eigenvalue weighted by molar-refractivity contribution is 0.340. The smallest absolute Gasteiger partial charge is 0.150 e. The van der Waals surface area contributed by atoms with E-state index in [2.05, 4.69) is 15.9 Å². The maximum Gasteiger partial charge on any atom is 0.150 e. The normalized spacial score (nSPS) is 11.4. The fourth-order valence-electron chi connectivity index (χ4n) is 0.878. The Morgan fingerprint density at radius 1 is 1.47 bits per heavy atom. The summed E-state index contributed by atoms with van der Waals surface area (Å²) in [5.74, 6) is -0.000439. The molecule has 0 bridgehead atoms. The van der Waals surface area contributed by atoms with E-state index >= 15 is 0 Å². The van der Waals surface area contributed by atoms with Gasteiger partial charge in [0.25, 0.3) is 0 Å². The molecule has 0 aliphatic heterocycles. The van der Waals surface area contributed by atoms with Crippen molar-refractivity contribution >= 4 is 25.8 Å². The van der Waals surface area contributed by atoms with Crippen molar-refractivity contribution in [2.45, 2.75) is 0 Å². The van der Waals surface area contributed by atoms with Gasteiger partial charge in [-0.15, -0.1) is 0 Å². The first-order valence-corrected chi connectivity index (χ1v) is 6.99. The lowest BCUT2D eigenvalue weighted by Crippen LogP contribution is -2.12. The molecule has 3 nitrogen and oxygen atoms in total. The van der Waals surface area contributed by atoms with Gasteiger partial charge in [-0.3, -0.25) is 0 Å². The molecule has 0 unspecified atom stereocenters. The first-order valence-electron chi connectivity index (χ1n) is 4.14. The number of hydrogen-bond acceptors (Lipinski definition) is 3. The molecule has 6 heteroatoms. The van der Waals surface area contributed by atoms with E-state index in [-0.39, 0.29) is 18.2 Å². The van der Waals surface area contributed by atoms with Crippen LogP contribution in [0.15, 0.2) is 22.7 Å². The highest BCUT2D eigenvalue weighted by Crippen LogP contribution is 2.21. The quantitative estimate of drug-likeness (QED) is 0.854. The summed E-state index contributed by atoms with van der Waals surface area (Å²) in [6, 6.07) is 4.15. The van der Waals surface area contributed by atoms with E-state index in [1.165, 1.54) is 18.2 Å². The molecule has 0 saturated carbocycles. The maximum atomic E-state index is 12.8. The predicted octanol–water partition coefficient (Wildman–Crippen LogP) is 2.01. The molecular weight excluding hydrogens is 287 g/mol. The van der Waals surface area contributed by atoms with Gasteiger partial charge in [0, 0.05) is 6.26 Å². The van der Waals surface area contributed by atoms with E-state index in [1.54, 1.807) is 0 Å². The molecule has 0 fully saturated rings. The second kappa shape index (κ2) is 4.94. The van der Waals surface area contributed by atoms with Crippen LogP contribution < -0.4 is 4.74 Å². The second-order valence-corrected chi connectivity index (χ2v) is 6.17. The fraction of sp³-hybridized carbons (Fsp3) is 0.333. The Labute approximate surface area is 96.3 Å². The van der Waals surface area contributed by atoms with Gasteiger partial charge in [0.1, 0.15) is 18.2 Å². The van der Waals surface area contributed by atoms with Crippen LogP contribution in [0.5, 0.6) is 5.75 Å². The molecule has 15 heavy (non-hydrogen) atoms. The summed E-state index contributed by atoms with van der Waals surface area (Å²) >= 11 is 3.00. The topological polar surface area (TPSA) is 43.4 Å². The van der Waals surface area contributed by atoms with Crippen LogP contribution in [0.3, 0.4) is 0 Å². The summed E-state index contributed by atoms with van der Waals surface area (Å²) in [5, 5.41) is 0. The van der Waals surface area contributed by atoms with Crippen LogP contribution in [0.1, 0.15) is 0 Å². The Morgan fingerprint density at radius 3 is 2.67 bits per heavy atom. The molecule has 1 aromatic rings. The van der Waals surface area contributed by atoms with Crippen molar-refractivity contribution in [1.29, 1.82) is 0 Å². The molecule has 0 spiro atoms. The Hall–Kier alpha value is -0.620. The highest BCUT2D eigenvalue weighted by atomic mass is 79.9. The van der Waals surface area contributed by atoms with Gasteiger partial charge in [-0.25, -0.2) is 12.8 Å². The van der Waals surface area contributed by atoms with E-state index in [4.69, 9.17) is 4.74 Å². The minimum absolute atomic E-state index is 0.0536. The molecule has 1 aromatic carbocycles. The van der Waals surface area contributed by atoms with Gasteiger partial charge in [0.15, 0.2) is 9.84 Å². The molecule has 0 amide bonds. The van der Waals surface area contributed by atoms with Gasteiger partial charge in [-0.2, -0.15) is 0 Å². The predicted molar refractivity (Wildman–Crippen MR) is 59.3 cm³/mol. The molecule has 0 aliphatic rings. The van der Waals surface area contributed by atoms with Crippen LogP contribution in [0, 0.1) is 5.82 Å². The van der Waals surface area contributed by atoms with Crippen molar-refractivity contribution in [2.24, 2.45) is 0 Å². The number of benzene rings is 1. The Kier molecular flexibility index (Phi) is 4.10. The average molecular weight is 297 g/mol. The van der Waals surface area contributed by atoms with Crippen molar-refractivity contribution in [3.05, 3.63) is 28.5 Å². The first kappa shape index (κ1) is 12.4. The van der Waals surface area contributed by atoms with Crippen molar-refractivity contribution < 1.29 is 17.5 Å². The third-order valence-corrected chi connectivity index (χ3v) is 3.13. The molecule has 0 N–H and O–H groups in total. The maximum absolute atomic E-state index is 12.8. The zero-order chi connectivity index (χ0) is 11.5. The van der Waals surface area contributed by atoms with E-state index in [0.29, 0.717) is 10.2 Å². The van der Waals surface area contributed by atoms with Crippen LogP contribution in [0.2, 0.25) is 0 Å². The monoisotopic (exact) mass is 296 g/mol. The Bertz CT molecular complexity index is 445. The largest absolute Gasteiger partial charge is 0.492 e. The Balaban J connectivity index is 2.55. The second-order valence-electron chi connectivity index (χ2n) is 3.05. The molecule has 0 atom stereocenters. The zero-order valence-corrected chi connectivity index (χ0v) is 10.4. The lowest BCUT2D eigenvalue weighted by Gasteiger charge is -2.05. The first-order chi connectivity index (χ1) is 6.88. The van der Waals surface area contributed by atoms with Crippen LogP contribution in [0.4, 0.5) is 4.39 Å².